The van der Waals surface area contributed by atoms with Crippen molar-refractivity contribution in [3.8, 4) is 5.75 Å². The van der Waals surface area contributed by atoms with Crippen molar-refractivity contribution in [2.75, 3.05) is 13.7 Å². The maximum atomic E-state index is 5.18. The monoisotopic (exact) mass is 188 g/mol. The summed E-state index contributed by atoms with van der Waals surface area (Å²) < 4.78 is 5.18. The Hall–Kier alpha value is -1.48. The van der Waals surface area contributed by atoms with E-state index in [1.54, 1.807) is 7.11 Å². The summed E-state index contributed by atoms with van der Waals surface area (Å²) in [5.74, 6) is 0.909. The Morgan fingerprint density at radius 3 is 2.93 bits per heavy atom. The molecule has 0 spiro atoms. The van der Waals surface area contributed by atoms with Gasteiger partial charge in [0, 0.05) is 23.1 Å². The van der Waals surface area contributed by atoms with Gasteiger partial charge in [0.25, 0.3) is 0 Å². The highest BCUT2D eigenvalue weighted by Crippen LogP contribution is 2.27. The van der Waals surface area contributed by atoms with E-state index in [1.807, 2.05) is 6.07 Å². The van der Waals surface area contributed by atoms with Crippen molar-refractivity contribution in [3.05, 3.63) is 30.0 Å². The number of aromatic nitrogens is 1. The molecule has 1 fully saturated rings. The van der Waals surface area contributed by atoms with Gasteiger partial charge in [0.05, 0.1) is 13.2 Å². The summed E-state index contributed by atoms with van der Waals surface area (Å²) in [5.41, 5.74) is 2.45. The molecule has 0 aliphatic carbocycles. The minimum Gasteiger partial charge on any atom is -0.497 e. The van der Waals surface area contributed by atoms with Crippen molar-refractivity contribution in [1.29, 1.82) is 0 Å². The summed E-state index contributed by atoms with van der Waals surface area (Å²) >= 11 is 0. The molecule has 0 amide bonds. The van der Waals surface area contributed by atoms with E-state index in [-0.39, 0.29) is 0 Å². The lowest BCUT2D eigenvalue weighted by molar-refractivity contribution is 0.415. The van der Waals surface area contributed by atoms with Gasteiger partial charge in [-0.05, 0) is 24.3 Å². The van der Waals surface area contributed by atoms with Gasteiger partial charge in [0.2, 0.25) is 0 Å². The first kappa shape index (κ1) is 7.88. The third-order valence-corrected chi connectivity index (χ3v) is 2.63. The molecular weight excluding hydrogens is 176 g/mol. The number of benzene rings is 1. The van der Waals surface area contributed by atoms with E-state index in [1.165, 1.54) is 16.6 Å². The van der Waals surface area contributed by atoms with Gasteiger partial charge in [-0.3, -0.25) is 0 Å². The van der Waals surface area contributed by atoms with E-state index in [9.17, 15) is 0 Å². The van der Waals surface area contributed by atoms with Crippen molar-refractivity contribution < 1.29 is 4.74 Å². The molecule has 3 rings (SSSR count). The predicted molar refractivity (Wildman–Crippen MR) is 55.6 cm³/mol. The highest BCUT2D eigenvalue weighted by molar-refractivity contribution is 5.82. The molecule has 2 heterocycles. The molecule has 0 unspecified atom stereocenters. The first-order valence-electron chi connectivity index (χ1n) is 4.77. The molecule has 1 aliphatic rings. The van der Waals surface area contributed by atoms with Crippen LogP contribution in [0.3, 0.4) is 0 Å². The molecule has 72 valence electrons. The minimum atomic E-state index is 0.536. The zero-order chi connectivity index (χ0) is 9.54. The van der Waals surface area contributed by atoms with Crippen LogP contribution in [0, 0.1) is 0 Å². The average molecular weight is 188 g/mol. The van der Waals surface area contributed by atoms with Crippen LogP contribution < -0.4 is 10.1 Å². The van der Waals surface area contributed by atoms with Crippen LogP contribution in [-0.4, -0.2) is 18.6 Å². The maximum Gasteiger partial charge on any atom is 0.119 e. The summed E-state index contributed by atoms with van der Waals surface area (Å²) in [6, 6.07) is 8.80. The lowest BCUT2D eigenvalue weighted by atomic mass is 10.2. The molecule has 2 aromatic rings. The lowest BCUT2D eigenvalue weighted by Crippen LogP contribution is -1.81. The molecule has 0 bridgehead atoms. The van der Waals surface area contributed by atoms with E-state index in [0.717, 1.165) is 12.3 Å². The number of hydrogen-bond acceptors (Lipinski definition) is 2. The van der Waals surface area contributed by atoms with E-state index < -0.39 is 0 Å². The number of H-pyrrole nitrogens is 1. The Labute approximate surface area is 82.1 Å². The number of hydrogen-bond donors (Lipinski definition) is 2. The molecule has 0 radical (unpaired) electrons. The summed E-state index contributed by atoms with van der Waals surface area (Å²) in [6.45, 7) is 1.09. The second-order valence-corrected chi connectivity index (χ2v) is 3.64. The third-order valence-electron chi connectivity index (χ3n) is 2.63. The highest BCUT2D eigenvalue weighted by atomic mass is 16.5. The van der Waals surface area contributed by atoms with Gasteiger partial charge in [-0.2, -0.15) is 0 Å². The molecule has 3 heteroatoms. The number of fused-ring (bicyclic) bond motifs is 1. The molecule has 14 heavy (non-hydrogen) atoms. The SMILES string of the molecule is COc1ccc2[nH]c([C@H]3CN3)cc2c1. The van der Waals surface area contributed by atoms with E-state index in [4.69, 9.17) is 4.74 Å². The van der Waals surface area contributed by atoms with Gasteiger partial charge in [0.1, 0.15) is 5.75 Å². The summed E-state index contributed by atoms with van der Waals surface area (Å²) in [6.07, 6.45) is 0. The largest absolute Gasteiger partial charge is 0.497 e. The number of rotatable bonds is 2. The minimum absolute atomic E-state index is 0.536. The standard InChI is InChI=1S/C11H12N2O/c1-14-8-2-3-9-7(4-8)5-10(13-9)11-6-12-11/h2-5,11-13H,6H2,1H3/t11-/m1/s1. The zero-order valence-corrected chi connectivity index (χ0v) is 8.00. The van der Waals surface area contributed by atoms with Crippen LogP contribution in [-0.2, 0) is 0 Å². The molecule has 1 saturated heterocycles. The van der Waals surface area contributed by atoms with Gasteiger partial charge in [-0.15, -0.1) is 0 Å². The van der Waals surface area contributed by atoms with Gasteiger partial charge >= 0.3 is 0 Å². The van der Waals surface area contributed by atoms with Crippen molar-refractivity contribution in [1.82, 2.24) is 10.3 Å². The molecule has 0 saturated carbocycles. The van der Waals surface area contributed by atoms with Crippen molar-refractivity contribution in [3.63, 3.8) is 0 Å². The van der Waals surface area contributed by atoms with Crippen LogP contribution in [0.5, 0.6) is 5.75 Å². The quantitative estimate of drug-likeness (QED) is 0.706. The van der Waals surface area contributed by atoms with Crippen LogP contribution in [0.2, 0.25) is 0 Å². The summed E-state index contributed by atoms with van der Waals surface area (Å²) in [5, 5.41) is 4.49. The normalized spacial score (nSPS) is 19.9. The van der Waals surface area contributed by atoms with Crippen LogP contribution in [0.4, 0.5) is 0 Å². The van der Waals surface area contributed by atoms with Crippen molar-refractivity contribution in [2.24, 2.45) is 0 Å². The van der Waals surface area contributed by atoms with Gasteiger partial charge in [-0.1, -0.05) is 0 Å². The first-order valence-corrected chi connectivity index (χ1v) is 4.77. The molecule has 1 aromatic carbocycles. The van der Waals surface area contributed by atoms with E-state index in [0.29, 0.717) is 6.04 Å². The third kappa shape index (κ3) is 1.17. The van der Waals surface area contributed by atoms with E-state index >= 15 is 0 Å². The average Bonchev–Trinajstić information content (AvgIpc) is 2.97. The summed E-state index contributed by atoms with van der Waals surface area (Å²) in [4.78, 5) is 3.39. The van der Waals surface area contributed by atoms with Crippen molar-refractivity contribution >= 4 is 10.9 Å². The maximum absolute atomic E-state index is 5.18. The second kappa shape index (κ2) is 2.75. The number of nitrogens with one attached hydrogen (secondary N) is 2. The fourth-order valence-corrected chi connectivity index (χ4v) is 1.73. The Morgan fingerprint density at radius 2 is 2.21 bits per heavy atom. The van der Waals surface area contributed by atoms with Crippen molar-refractivity contribution in [2.45, 2.75) is 6.04 Å². The van der Waals surface area contributed by atoms with Gasteiger partial charge in [-0.25, -0.2) is 0 Å². The topological polar surface area (TPSA) is 47.0 Å². The molecule has 1 aliphatic heterocycles. The number of methoxy groups -OCH3 is 1. The van der Waals surface area contributed by atoms with Gasteiger partial charge < -0.3 is 15.0 Å². The summed E-state index contributed by atoms with van der Waals surface area (Å²) in [7, 11) is 1.69. The predicted octanol–water partition coefficient (Wildman–Crippen LogP) is 1.82. The zero-order valence-electron chi connectivity index (χ0n) is 8.00. The lowest BCUT2D eigenvalue weighted by Gasteiger charge is -1.97. The first-order chi connectivity index (χ1) is 6.86. The van der Waals surface area contributed by atoms with E-state index in [2.05, 4.69) is 28.5 Å². The van der Waals surface area contributed by atoms with Crippen LogP contribution in [0.15, 0.2) is 24.3 Å². The molecule has 1 atom stereocenters. The molecule has 1 aromatic heterocycles. The van der Waals surface area contributed by atoms with Crippen LogP contribution in [0.1, 0.15) is 11.7 Å². The number of ether oxygens (including phenoxy) is 1. The second-order valence-electron chi connectivity index (χ2n) is 3.64. The molecule has 3 nitrogen and oxygen atoms in total. The fourth-order valence-electron chi connectivity index (χ4n) is 1.73. The fraction of sp³-hybridized carbons (Fsp3) is 0.273. The van der Waals surface area contributed by atoms with Crippen LogP contribution >= 0.6 is 0 Å². The smallest absolute Gasteiger partial charge is 0.119 e. The van der Waals surface area contributed by atoms with Crippen LogP contribution in [0.25, 0.3) is 10.9 Å². The van der Waals surface area contributed by atoms with Gasteiger partial charge in [0.15, 0.2) is 0 Å². The molecular formula is C11H12N2O. The Bertz CT molecular complexity index is 471. The Morgan fingerprint density at radius 1 is 1.36 bits per heavy atom. The Kier molecular flexibility index (Phi) is 1.55. The Balaban J connectivity index is 2.12. The number of aromatic amines is 1. The molecule has 2 N–H and O–H groups in total. The highest BCUT2D eigenvalue weighted by Gasteiger charge is 2.23.